The molecule has 0 saturated carbocycles. The zero-order valence-electron chi connectivity index (χ0n) is 10.5. The van der Waals surface area contributed by atoms with Gasteiger partial charge in [-0.25, -0.2) is 14.4 Å². The molecule has 4 nitrogen and oxygen atoms in total. The minimum atomic E-state index is -0.248. The lowest BCUT2D eigenvalue weighted by Crippen LogP contribution is -1.98. The summed E-state index contributed by atoms with van der Waals surface area (Å²) in [5.74, 6) is 1.20. The van der Waals surface area contributed by atoms with Gasteiger partial charge in [0.05, 0.1) is 22.5 Å². The number of nitrogens with one attached hydrogen (secondary N) is 1. The number of hydrogen-bond donors (Lipinski definition) is 1. The molecule has 0 aliphatic heterocycles. The normalized spacial score (nSPS) is 11.1. The molecule has 3 aromatic rings. The number of thiazole rings is 1. The van der Waals surface area contributed by atoms with Gasteiger partial charge in [-0.05, 0) is 32.0 Å². The molecule has 0 saturated heterocycles. The summed E-state index contributed by atoms with van der Waals surface area (Å²) in [6.07, 6.45) is 0. The van der Waals surface area contributed by atoms with Crippen LogP contribution in [0.2, 0.25) is 0 Å². The maximum absolute atomic E-state index is 13.1. The van der Waals surface area contributed by atoms with E-state index in [-0.39, 0.29) is 5.82 Å². The predicted molar refractivity (Wildman–Crippen MR) is 72.9 cm³/mol. The first-order chi connectivity index (χ1) is 9.11. The Morgan fingerprint density at radius 1 is 1.32 bits per heavy atom. The van der Waals surface area contributed by atoms with E-state index in [1.54, 1.807) is 6.07 Å². The van der Waals surface area contributed by atoms with Crippen LogP contribution < -0.4 is 5.32 Å². The van der Waals surface area contributed by atoms with Crippen LogP contribution in [0.5, 0.6) is 0 Å². The lowest BCUT2D eigenvalue weighted by Gasteiger charge is -1.96. The van der Waals surface area contributed by atoms with Crippen molar-refractivity contribution in [3.63, 3.8) is 0 Å². The smallest absolute Gasteiger partial charge is 0.214 e. The Morgan fingerprint density at radius 2 is 2.16 bits per heavy atom. The molecule has 1 aromatic carbocycles. The van der Waals surface area contributed by atoms with Gasteiger partial charge in [0.1, 0.15) is 11.6 Å². The van der Waals surface area contributed by atoms with E-state index in [1.807, 2.05) is 13.8 Å². The Kier molecular flexibility index (Phi) is 2.94. The first-order valence-electron chi connectivity index (χ1n) is 5.85. The van der Waals surface area contributed by atoms with Gasteiger partial charge in [-0.3, -0.25) is 0 Å². The fourth-order valence-corrected chi connectivity index (χ4v) is 2.63. The highest BCUT2D eigenvalue weighted by molar-refractivity contribution is 7.22. The van der Waals surface area contributed by atoms with Crippen LogP contribution in [0, 0.1) is 19.7 Å². The molecule has 1 N–H and O–H groups in total. The SMILES string of the molecule is Cc1nc(CNc2nc3ccc(F)cc3s2)oc1C. The van der Waals surface area contributed by atoms with Gasteiger partial charge in [0.15, 0.2) is 5.13 Å². The van der Waals surface area contributed by atoms with Gasteiger partial charge < -0.3 is 9.73 Å². The quantitative estimate of drug-likeness (QED) is 0.794. The minimum absolute atomic E-state index is 0.248. The second kappa shape index (κ2) is 4.62. The Bertz CT molecular complexity index is 715. The first-order valence-corrected chi connectivity index (χ1v) is 6.66. The average molecular weight is 277 g/mol. The lowest BCUT2D eigenvalue weighted by atomic mass is 10.3. The molecule has 0 spiro atoms. The highest BCUT2D eigenvalue weighted by Gasteiger charge is 2.08. The molecule has 19 heavy (non-hydrogen) atoms. The van der Waals surface area contributed by atoms with Crippen molar-refractivity contribution >= 4 is 26.7 Å². The van der Waals surface area contributed by atoms with Gasteiger partial charge in [0, 0.05) is 0 Å². The topological polar surface area (TPSA) is 51.0 Å². The highest BCUT2D eigenvalue weighted by atomic mass is 32.1. The summed E-state index contributed by atoms with van der Waals surface area (Å²) < 4.78 is 19.4. The third-order valence-electron chi connectivity index (χ3n) is 2.81. The fraction of sp³-hybridized carbons (Fsp3) is 0.231. The van der Waals surface area contributed by atoms with Crippen LogP contribution in [-0.2, 0) is 6.54 Å². The van der Waals surface area contributed by atoms with Gasteiger partial charge >= 0.3 is 0 Å². The number of oxazole rings is 1. The van der Waals surface area contributed by atoms with E-state index in [0.29, 0.717) is 12.4 Å². The van der Waals surface area contributed by atoms with E-state index in [9.17, 15) is 4.39 Å². The Labute approximate surface area is 113 Å². The van der Waals surface area contributed by atoms with Gasteiger partial charge in [-0.15, -0.1) is 0 Å². The van der Waals surface area contributed by atoms with E-state index >= 15 is 0 Å². The monoisotopic (exact) mass is 277 g/mol. The molecule has 6 heteroatoms. The maximum Gasteiger partial charge on any atom is 0.214 e. The van der Waals surface area contributed by atoms with E-state index in [2.05, 4.69) is 15.3 Å². The number of fused-ring (bicyclic) bond motifs is 1. The summed E-state index contributed by atoms with van der Waals surface area (Å²) in [6.45, 7) is 4.26. The van der Waals surface area contributed by atoms with Crippen LogP contribution in [0.1, 0.15) is 17.3 Å². The molecule has 2 heterocycles. The summed E-state index contributed by atoms with van der Waals surface area (Å²) in [6, 6.07) is 4.57. The first kappa shape index (κ1) is 12.1. The highest BCUT2D eigenvalue weighted by Crippen LogP contribution is 2.26. The van der Waals surface area contributed by atoms with Crippen molar-refractivity contribution in [3.8, 4) is 0 Å². The molecule has 0 aliphatic rings. The van der Waals surface area contributed by atoms with Crippen LogP contribution >= 0.6 is 11.3 Å². The van der Waals surface area contributed by atoms with Crippen LogP contribution in [0.15, 0.2) is 22.6 Å². The lowest BCUT2D eigenvalue weighted by molar-refractivity contribution is 0.478. The van der Waals surface area contributed by atoms with Gasteiger partial charge in [-0.2, -0.15) is 0 Å². The molecule has 2 aromatic heterocycles. The van der Waals surface area contributed by atoms with E-state index < -0.39 is 0 Å². The minimum Gasteiger partial charge on any atom is -0.444 e. The van der Waals surface area contributed by atoms with Crippen molar-refractivity contribution in [2.24, 2.45) is 0 Å². The average Bonchev–Trinajstić information content (AvgIpc) is 2.90. The summed E-state index contributed by atoms with van der Waals surface area (Å²) >= 11 is 1.41. The Hall–Kier alpha value is -1.95. The van der Waals surface area contributed by atoms with Gasteiger partial charge in [-0.1, -0.05) is 11.3 Å². The molecule has 0 fully saturated rings. The number of aryl methyl sites for hydroxylation is 2. The van der Waals surface area contributed by atoms with Crippen molar-refractivity contribution < 1.29 is 8.81 Å². The van der Waals surface area contributed by atoms with Crippen molar-refractivity contribution in [1.82, 2.24) is 9.97 Å². The molecule has 0 radical (unpaired) electrons. The molecule has 0 bridgehead atoms. The van der Waals surface area contributed by atoms with Crippen LogP contribution in [0.25, 0.3) is 10.2 Å². The molecule has 0 atom stereocenters. The standard InChI is InChI=1S/C13H12FN3OS/c1-7-8(2)18-12(16-7)6-15-13-17-10-4-3-9(14)5-11(10)19-13/h3-5H,6H2,1-2H3,(H,15,17). The van der Waals surface area contributed by atoms with Crippen molar-refractivity contribution in [3.05, 3.63) is 41.4 Å². The second-order valence-electron chi connectivity index (χ2n) is 4.23. The van der Waals surface area contributed by atoms with Crippen molar-refractivity contribution in [1.29, 1.82) is 0 Å². The molecule has 0 aliphatic carbocycles. The predicted octanol–water partition coefficient (Wildman–Crippen LogP) is 3.65. The van der Waals surface area contributed by atoms with Crippen molar-refractivity contribution in [2.75, 3.05) is 5.32 Å². The van der Waals surface area contributed by atoms with Crippen molar-refractivity contribution in [2.45, 2.75) is 20.4 Å². The third-order valence-corrected chi connectivity index (χ3v) is 3.79. The zero-order valence-corrected chi connectivity index (χ0v) is 11.3. The maximum atomic E-state index is 13.1. The van der Waals surface area contributed by atoms with Gasteiger partial charge in [0.2, 0.25) is 5.89 Å². The summed E-state index contributed by atoms with van der Waals surface area (Å²) in [7, 11) is 0. The molecule has 3 rings (SSSR count). The summed E-state index contributed by atoms with van der Waals surface area (Å²) in [4.78, 5) is 8.65. The fourth-order valence-electron chi connectivity index (χ4n) is 1.74. The molecular formula is C13H12FN3OS. The Balaban J connectivity index is 1.78. The van der Waals surface area contributed by atoms with E-state index in [1.165, 1.54) is 23.5 Å². The Morgan fingerprint density at radius 3 is 2.89 bits per heavy atom. The second-order valence-corrected chi connectivity index (χ2v) is 5.26. The van der Waals surface area contributed by atoms with Crippen LogP contribution in [0.4, 0.5) is 9.52 Å². The molecular weight excluding hydrogens is 265 g/mol. The summed E-state index contributed by atoms with van der Waals surface area (Å²) in [5, 5.41) is 3.87. The number of rotatable bonds is 3. The number of aromatic nitrogens is 2. The number of nitrogens with zero attached hydrogens (tertiary/aromatic N) is 2. The number of anilines is 1. The number of benzene rings is 1. The van der Waals surface area contributed by atoms with E-state index in [0.717, 1.165) is 26.8 Å². The number of hydrogen-bond acceptors (Lipinski definition) is 5. The third kappa shape index (κ3) is 2.44. The van der Waals surface area contributed by atoms with Crippen LogP contribution in [-0.4, -0.2) is 9.97 Å². The van der Waals surface area contributed by atoms with E-state index in [4.69, 9.17) is 4.42 Å². The van der Waals surface area contributed by atoms with Gasteiger partial charge in [0.25, 0.3) is 0 Å². The zero-order chi connectivity index (χ0) is 13.4. The molecule has 0 amide bonds. The molecule has 98 valence electrons. The molecule has 0 unspecified atom stereocenters. The number of halogens is 1. The van der Waals surface area contributed by atoms with Crippen LogP contribution in [0.3, 0.4) is 0 Å². The largest absolute Gasteiger partial charge is 0.444 e. The summed E-state index contributed by atoms with van der Waals surface area (Å²) in [5.41, 5.74) is 1.68.